The minimum atomic E-state index is -0.492. The summed E-state index contributed by atoms with van der Waals surface area (Å²) in [6, 6.07) is 7.84. The summed E-state index contributed by atoms with van der Waals surface area (Å²) in [6.07, 6.45) is 1.36. The lowest BCUT2D eigenvalue weighted by molar-refractivity contribution is -0.144. The van der Waals surface area contributed by atoms with E-state index in [9.17, 15) is 9.59 Å². The van der Waals surface area contributed by atoms with Crippen LogP contribution in [0.3, 0.4) is 0 Å². The molecule has 3 aliphatic heterocycles. The largest absolute Gasteiger partial charge is 0.382 e. The molecule has 0 aliphatic carbocycles. The summed E-state index contributed by atoms with van der Waals surface area (Å²) >= 11 is 0. The van der Waals surface area contributed by atoms with Gasteiger partial charge in [-0.15, -0.1) is 0 Å². The first kappa shape index (κ1) is 14.2. The maximum atomic E-state index is 12.5. The predicted molar refractivity (Wildman–Crippen MR) is 85.2 cm³/mol. The highest BCUT2D eigenvalue weighted by Gasteiger charge is 2.49. The van der Waals surface area contributed by atoms with Crippen LogP contribution in [0.25, 0.3) is 0 Å². The van der Waals surface area contributed by atoms with Crippen molar-refractivity contribution in [2.24, 2.45) is 5.16 Å². The van der Waals surface area contributed by atoms with Gasteiger partial charge in [-0.2, -0.15) is 0 Å². The minimum Gasteiger partial charge on any atom is -0.382 e. The molecule has 4 rings (SSSR count). The zero-order valence-electron chi connectivity index (χ0n) is 13.0. The molecule has 6 nitrogen and oxygen atoms in total. The highest BCUT2D eigenvalue weighted by molar-refractivity contribution is 6.06. The van der Waals surface area contributed by atoms with E-state index in [0.717, 1.165) is 17.0 Å². The van der Waals surface area contributed by atoms with Crippen LogP contribution in [0.5, 0.6) is 0 Å². The van der Waals surface area contributed by atoms with E-state index < -0.39 is 11.5 Å². The molecule has 1 spiro atoms. The summed E-state index contributed by atoms with van der Waals surface area (Å²) in [5, 5.41) is 6.83. The quantitative estimate of drug-likeness (QED) is 0.857. The van der Waals surface area contributed by atoms with Gasteiger partial charge in [0.15, 0.2) is 0 Å². The van der Waals surface area contributed by atoms with Crippen molar-refractivity contribution in [3.63, 3.8) is 0 Å². The van der Waals surface area contributed by atoms with Crippen molar-refractivity contribution in [1.29, 1.82) is 0 Å². The molecule has 1 aromatic carbocycles. The number of para-hydroxylation sites is 1. The first-order chi connectivity index (χ1) is 11.1. The zero-order valence-corrected chi connectivity index (χ0v) is 13.0. The number of benzene rings is 1. The molecule has 0 saturated carbocycles. The van der Waals surface area contributed by atoms with Crippen LogP contribution < -0.4 is 5.32 Å². The number of nitrogens with zero attached hydrogens (tertiary/aromatic N) is 2. The van der Waals surface area contributed by atoms with Crippen LogP contribution in [0.4, 0.5) is 5.69 Å². The van der Waals surface area contributed by atoms with E-state index in [2.05, 4.69) is 10.5 Å². The van der Waals surface area contributed by atoms with Gasteiger partial charge in [0, 0.05) is 25.2 Å². The van der Waals surface area contributed by atoms with Gasteiger partial charge in [0.05, 0.1) is 11.1 Å². The molecule has 120 valence electrons. The monoisotopic (exact) mass is 313 g/mol. The Morgan fingerprint density at radius 1 is 1.35 bits per heavy atom. The number of hydrogen-bond acceptors (Lipinski definition) is 4. The lowest BCUT2D eigenvalue weighted by Gasteiger charge is -2.38. The Balaban J connectivity index is 1.49. The summed E-state index contributed by atoms with van der Waals surface area (Å²) in [7, 11) is 0. The topological polar surface area (TPSA) is 71.0 Å². The van der Waals surface area contributed by atoms with Gasteiger partial charge in [-0.05, 0) is 31.4 Å². The number of carbonyl (C=O) groups is 2. The van der Waals surface area contributed by atoms with Crippen LogP contribution in [0.15, 0.2) is 29.4 Å². The van der Waals surface area contributed by atoms with Crippen LogP contribution in [-0.4, -0.2) is 41.6 Å². The number of likely N-dealkylation sites (tertiary alicyclic amines) is 1. The second-order valence-electron chi connectivity index (χ2n) is 6.53. The molecule has 1 aromatic rings. The lowest BCUT2D eigenvalue weighted by atomic mass is 9.73. The number of carbonyl (C=O) groups excluding carboxylic acids is 2. The molecular formula is C17H19N3O3. The van der Waals surface area contributed by atoms with E-state index in [0.29, 0.717) is 32.4 Å². The molecule has 3 heterocycles. The van der Waals surface area contributed by atoms with Crippen LogP contribution >= 0.6 is 0 Å². The number of anilines is 1. The average molecular weight is 313 g/mol. The van der Waals surface area contributed by atoms with Crippen molar-refractivity contribution in [3.05, 3.63) is 29.8 Å². The van der Waals surface area contributed by atoms with Gasteiger partial charge in [0.2, 0.25) is 12.0 Å². The highest BCUT2D eigenvalue weighted by atomic mass is 16.6. The molecule has 23 heavy (non-hydrogen) atoms. The molecule has 1 saturated heterocycles. The van der Waals surface area contributed by atoms with Gasteiger partial charge in [-0.25, -0.2) is 0 Å². The molecule has 0 bridgehead atoms. The summed E-state index contributed by atoms with van der Waals surface area (Å²) in [5.41, 5.74) is 2.32. The van der Waals surface area contributed by atoms with Crippen molar-refractivity contribution in [3.8, 4) is 0 Å². The third kappa shape index (κ3) is 2.12. The molecule has 6 heteroatoms. The molecule has 3 aliphatic rings. The Morgan fingerprint density at radius 3 is 2.78 bits per heavy atom. The highest BCUT2D eigenvalue weighted by Crippen LogP contribution is 2.44. The summed E-state index contributed by atoms with van der Waals surface area (Å²) < 4.78 is 0. The first-order valence-electron chi connectivity index (χ1n) is 7.99. The lowest BCUT2D eigenvalue weighted by Crippen LogP contribution is -2.50. The van der Waals surface area contributed by atoms with Crippen LogP contribution in [0, 0.1) is 0 Å². The van der Waals surface area contributed by atoms with Crippen LogP contribution in [0.1, 0.15) is 31.7 Å². The fourth-order valence-electron chi connectivity index (χ4n) is 3.81. The Labute approximate surface area is 134 Å². The summed E-state index contributed by atoms with van der Waals surface area (Å²) in [4.78, 5) is 32.0. The molecule has 1 N–H and O–H groups in total. The summed E-state index contributed by atoms with van der Waals surface area (Å²) in [5.74, 6) is 0.0363. The number of rotatable bonds is 1. The average Bonchev–Trinajstić information content (AvgIpc) is 3.11. The Kier molecular flexibility index (Phi) is 3.14. The van der Waals surface area contributed by atoms with E-state index in [1.54, 1.807) is 4.90 Å². The van der Waals surface area contributed by atoms with Crippen LogP contribution in [-0.2, 0) is 19.8 Å². The third-order valence-corrected chi connectivity index (χ3v) is 5.15. The van der Waals surface area contributed by atoms with Crippen molar-refractivity contribution in [1.82, 2.24) is 4.90 Å². The van der Waals surface area contributed by atoms with Crippen LogP contribution in [0.2, 0.25) is 0 Å². The molecule has 1 atom stereocenters. The minimum absolute atomic E-state index is 0.0212. The molecule has 1 fully saturated rings. The van der Waals surface area contributed by atoms with Gasteiger partial charge in [0.1, 0.15) is 0 Å². The molecule has 0 radical (unpaired) electrons. The normalized spacial score (nSPS) is 24.9. The van der Waals surface area contributed by atoms with E-state index >= 15 is 0 Å². The first-order valence-corrected chi connectivity index (χ1v) is 7.99. The molecule has 0 aromatic heterocycles. The van der Waals surface area contributed by atoms with Crippen molar-refractivity contribution in [2.45, 2.75) is 37.7 Å². The van der Waals surface area contributed by atoms with Gasteiger partial charge in [0.25, 0.3) is 5.91 Å². The molecule has 1 unspecified atom stereocenters. The second-order valence-corrected chi connectivity index (χ2v) is 6.53. The number of fused-ring (bicyclic) bond motifs is 2. The zero-order chi connectivity index (χ0) is 16.0. The van der Waals surface area contributed by atoms with Crippen molar-refractivity contribution >= 4 is 23.2 Å². The van der Waals surface area contributed by atoms with Gasteiger partial charge >= 0.3 is 0 Å². The maximum absolute atomic E-state index is 12.5. The Hall–Kier alpha value is -2.37. The molecular weight excluding hydrogens is 294 g/mol. The van der Waals surface area contributed by atoms with E-state index in [-0.39, 0.29) is 11.8 Å². The number of nitrogens with one attached hydrogen (secondary N) is 1. The number of oxime groups is 1. The number of piperidine rings is 1. The van der Waals surface area contributed by atoms with Gasteiger partial charge in [-0.3, -0.25) is 9.59 Å². The third-order valence-electron chi connectivity index (χ3n) is 5.15. The summed E-state index contributed by atoms with van der Waals surface area (Å²) in [6.45, 7) is 3.00. The fourth-order valence-corrected chi connectivity index (χ4v) is 3.81. The van der Waals surface area contributed by atoms with E-state index in [1.807, 2.05) is 31.2 Å². The van der Waals surface area contributed by atoms with Gasteiger partial charge < -0.3 is 15.1 Å². The number of amides is 2. The molecule has 2 amide bonds. The smallest absolute Gasteiger partial charge is 0.266 e. The van der Waals surface area contributed by atoms with Crippen molar-refractivity contribution in [2.75, 3.05) is 18.4 Å². The number of hydrogen-bond donors (Lipinski definition) is 1. The maximum Gasteiger partial charge on any atom is 0.266 e. The Bertz CT molecular complexity index is 705. The second kappa shape index (κ2) is 5.08. The van der Waals surface area contributed by atoms with E-state index in [1.165, 1.54) is 0 Å². The van der Waals surface area contributed by atoms with E-state index in [4.69, 9.17) is 4.84 Å². The van der Waals surface area contributed by atoms with Gasteiger partial charge in [-0.1, -0.05) is 23.4 Å². The standard InChI is InChI=1S/C17H19N3O3/c1-11-10-14(23-19-11)15(21)20-8-6-17(7-9-20)12-4-2-3-5-13(12)18-16(17)22/h2-5,14H,6-10H2,1H3,(H,18,22). The Morgan fingerprint density at radius 2 is 2.09 bits per heavy atom. The van der Waals surface area contributed by atoms with Crippen molar-refractivity contribution < 1.29 is 14.4 Å². The fraction of sp³-hybridized carbons (Fsp3) is 0.471. The predicted octanol–water partition coefficient (Wildman–Crippen LogP) is 1.66. The SMILES string of the molecule is CC1=NOC(C(=O)N2CCC3(CC2)C(=O)Nc2ccccc23)C1.